The van der Waals surface area contributed by atoms with Gasteiger partial charge in [-0.15, -0.1) is 0 Å². The zero-order valence-corrected chi connectivity index (χ0v) is 12.6. The first-order valence-corrected chi connectivity index (χ1v) is 7.17. The number of amides is 1. The van der Waals surface area contributed by atoms with Gasteiger partial charge in [0.2, 0.25) is 0 Å². The third-order valence-corrected chi connectivity index (χ3v) is 2.98. The highest BCUT2D eigenvalue weighted by atomic mass is 16.4. The van der Waals surface area contributed by atoms with Crippen LogP contribution >= 0.6 is 0 Å². The van der Waals surface area contributed by atoms with Gasteiger partial charge >= 0.3 is 5.97 Å². The van der Waals surface area contributed by atoms with Gasteiger partial charge in [0.1, 0.15) is 11.6 Å². The van der Waals surface area contributed by atoms with Gasteiger partial charge in [-0.25, -0.2) is 4.79 Å². The number of anilines is 1. The first kappa shape index (κ1) is 18.2. The van der Waals surface area contributed by atoms with Crippen molar-refractivity contribution in [3.05, 3.63) is 41.6 Å². The molecule has 0 saturated heterocycles. The molecule has 0 aliphatic heterocycles. The van der Waals surface area contributed by atoms with E-state index in [1.807, 2.05) is 0 Å². The molecule has 0 aliphatic rings. The average molecular weight is 317 g/mol. The quantitative estimate of drug-likeness (QED) is 0.311. The molecule has 0 unspecified atom stereocenters. The van der Waals surface area contributed by atoms with Crippen LogP contribution in [0.2, 0.25) is 0 Å². The number of aromatic carboxylic acids is 1. The van der Waals surface area contributed by atoms with Crippen molar-refractivity contribution in [2.75, 3.05) is 18.5 Å². The van der Waals surface area contributed by atoms with E-state index in [0.29, 0.717) is 12.2 Å². The number of aliphatic hydroxyl groups excluding tert-OH is 1. The monoisotopic (exact) mass is 317 g/mol. The number of carboxylic acid groups (broad SMARTS) is 1. The highest BCUT2D eigenvalue weighted by molar-refractivity contribution is 6.06. The summed E-state index contributed by atoms with van der Waals surface area (Å²) in [7, 11) is 0. The third-order valence-electron chi connectivity index (χ3n) is 2.98. The summed E-state index contributed by atoms with van der Waals surface area (Å²) >= 11 is 0. The van der Waals surface area contributed by atoms with Crippen LogP contribution in [-0.2, 0) is 4.79 Å². The number of benzene rings is 1. The summed E-state index contributed by atoms with van der Waals surface area (Å²) in [6.07, 6.45) is 3.76. The second-order valence-electron chi connectivity index (χ2n) is 4.74. The number of hydrogen-bond acceptors (Lipinski definition) is 5. The Hall–Kier alpha value is -2.85. The molecule has 0 heterocycles. The van der Waals surface area contributed by atoms with Gasteiger partial charge in [-0.2, -0.15) is 5.26 Å². The summed E-state index contributed by atoms with van der Waals surface area (Å²) < 4.78 is 0. The molecule has 0 aliphatic carbocycles. The van der Waals surface area contributed by atoms with E-state index in [-0.39, 0.29) is 17.7 Å². The lowest BCUT2D eigenvalue weighted by molar-refractivity contribution is -0.112. The number of hydrogen-bond donors (Lipinski definition) is 4. The van der Waals surface area contributed by atoms with Crippen LogP contribution < -0.4 is 10.6 Å². The fourth-order valence-corrected chi connectivity index (χ4v) is 1.73. The first-order valence-electron chi connectivity index (χ1n) is 7.17. The van der Waals surface area contributed by atoms with Crippen LogP contribution in [0.1, 0.15) is 29.6 Å². The number of carbonyl (C=O) groups is 2. The predicted octanol–water partition coefficient (Wildman–Crippen LogP) is 1.48. The Balaban J connectivity index is 2.53. The number of nitriles is 1. The van der Waals surface area contributed by atoms with Crippen molar-refractivity contribution in [3.8, 4) is 6.07 Å². The minimum Gasteiger partial charge on any atom is -0.478 e. The molecule has 1 rings (SSSR count). The molecule has 1 aromatic carbocycles. The van der Waals surface area contributed by atoms with Gasteiger partial charge < -0.3 is 20.8 Å². The summed E-state index contributed by atoms with van der Waals surface area (Å²) in [5.74, 6) is -1.62. The molecular weight excluding hydrogens is 298 g/mol. The molecule has 0 spiro atoms. The van der Waals surface area contributed by atoms with Gasteiger partial charge in [-0.05, 0) is 43.5 Å². The Kier molecular flexibility index (Phi) is 7.89. The number of nitrogens with one attached hydrogen (secondary N) is 2. The second-order valence-corrected chi connectivity index (χ2v) is 4.74. The Bertz CT molecular complexity index is 603. The summed E-state index contributed by atoms with van der Waals surface area (Å²) in [5, 5.41) is 31.9. The second kappa shape index (κ2) is 9.97. The van der Waals surface area contributed by atoms with Gasteiger partial charge in [0.25, 0.3) is 5.91 Å². The van der Waals surface area contributed by atoms with Crippen molar-refractivity contribution in [1.29, 1.82) is 5.26 Å². The number of rotatable bonds is 9. The number of carbonyl (C=O) groups excluding carboxylic acids is 1. The van der Waals surface area contributed by atoms with Crippen LogP contribution in [0.15, 0.2) is 36.0 Å². The minimum atomic E-state index is -1.05. The zero-order chi connectivity index (χ0) is 17.1. The van der Waals surface area contributed by atoms with E-state index in [9.17, 15) is 9.59 Å². The third kappa shape index (κ3) is 6.63. The summed E-state index contributed by atoms with van der Waals surface area (Å²) in [6.45, 7) is 0.758. The lowest BCUT2D eigenvalue weighted by atomic mass is 10.2. The standard InChI is InChI=1S/C16H19N3O4/c17-10-13(11-18-8-2-1-3-9-20)15(21)19-14-6-4-12(5-7-14)16(22)23/h4-7,11,18,20H,1-3,8-9H2,(H,19,21)(H,22,23)/b13-11-. The molecule has 0 bridgehead atoms. The highest BCUT2D eigenvalue weighted by Crippen LogP contribution is 2.10. The lowest BCUT2D eigenvalue weighted by Gasteiger charge is -2.05. The number of nitrogens with zero attached hydrogens (tertiary/aromatic N) is 1. The molecule has 0 saturated carbocycles. The van der Waals surface area contributed by atoms with E-state index < -0.39 is 11.9 Å². The van der Waals surface area contributed by atoms with Crippen molar-refractivity contribution in [1.82, 2.24) is 5.32 Å². The topological polar surface area (TPSA) is 122 Å². The first-order chi connectivity index (χ1) is 11.1. The fraction of sp³-hybridized carbons (Fsp3) is 0.312. The van der Waals surface area contributed by atoms with E-state index in [1.54, 1.807) is 6.07 Å². The van der Waals surface area contributed by atoms with Gasteiger partial charge in [0, 0.05) is 25.0 Å². The average Bonchev–Trinajstić information content (AvgIpc) is 2.54. The van der Waals surface area contributed by atoms with Gasteiger partial charge in [0.15, 0.2) is 0 Å². The molecule has 7 nitrogen and oxygen atoms in total. The SMILES string of the molecule is N#C/C(=C/NCCCCCO)C(=O)Nc1ccc(C(=O)O)cc1. The Morgan fingerprint density at radius 1 is 1.17 bits per heavy atom. The van der Waals surface area contributed by atoms with Crippen molar-refractivity contribution in [3.63, 3.8) is 0 Å². The molecular formula is C16H19N3O4. The van der Waals surface area contributed by atoms with Crippen molar-refractivity contribution in [2.45, 2.75) is 19.3 Å². The molecule has 23 heavy (non-hydrogen) atoms. The summed E-state index contributed by atoms with van der Waals surface area (Å²) in [6, 6.07) is 7.46. The molecule has 0 aromatic heterocycles. The van der Waals surface area contributed by atoms with Gasteiger partial charge in [-0.1, -0.05) is 0 Å². The maximum Gasteiger partial charge on any atom is 0.335 e. The van der Waals surface area contributed by atoms with Crippen LogP contribution in [0.5, 0.6) is 0 Å². The Morgan fingerprint density at radius 2 is 1.87 bits per heavy atom. The van der Waals surface area contributed by atoms with Crippen LogP contribution in [0.25, 0.3) is 0 Å². The van der Waals surface area contributed by atoms with Crippen molar-refractivity contribution < 1.29 is 19.8 Å². The van der Waals surface area contributed by atoms with Crippen molar-refractivity contribution in [2.24, 2.45) is 0 Å². The molecule has 122 valence electrons. The van der Waals surface area contributed by atoms with E-state index in [0.717, 1.165) is 19.3 Å². The normalized spacial score (nSPS) is 10.7. The number of unbranched alkanes of at least 4 members (excludes halogenated alkanes) is 2. The smallest absolute Gasteiger partial charge is 0.335 e. The number of carboxylic acids is 1. The number of aliphatic hydroxyl groups is 1. The van der Waals surface area contributed by atoms with E-state index in [1.165, 1.54) is 30.5 Å². The maximum atomic E-state index is 11.9. The molecule has 1 amide bonds. The van der Waals surface area contributed by atoms with E-state index in [2.05, 4.69) is 10.6 Å². The zero-order valence-electron chi connectivity index (χ0n) is 12.6. The van der Waals surface area contributed by atoms with E-state index >= 15 is 0 Å². The van der Waals surface area contributed by atoms with E-state index in [4.69, 9.17) is 15.5 Å². The lowest BCUT2D eigenvalue weighted by Crippen LogP contribution is -2.17. The van der Waals surface area contributed by atoms with Crippen LogP contribution in [-0.4, -0.2) is 35.2 Å². The highest BCUT2D eigenvalue weighted by Gasteiger charge is 2.09. The maximum absolute atomic E-state index is 11.9. The fourth-order valence-electron chi connectivity index (χ4n) is 1.73. The van der Waals surface area contributed by atoms with Crippen LogP contribution in [0, 0.1) is 11.3 Å². The van der Waals surface area contributed by atoms with Crippen molar-refractivity contribution >= 4 is 17.6 Å². The predicted molar refractivity (Wildman–Crippen MR) is 84.7 cm³/mol. The van der Waals surface area contributed by atoms with Crippen LogP contribution in [0.3, 0.4) is 0 Å². The van der Waals surface area contributed by atoms with Gasteiger partial charge in [0.05, 0.1) is 5.56 Å². The molecule has 7 heteroatoms. The molecule has 4 N–H and O–H groups in total. The Morgan fingerprint density at radius 3 is 2.43 bits per heavy atom. The minimum absolute atomic E-state index is 0.0746. The summed E-state index contributed by atoms with van der Waals surface area (Å²) in [5.41, 5.74) is 0.446. The molecule has 0 fully saturated rings. The largest absolute Gasteiger partial charge is 0.478 e. The van der Waals surface area contributed by atoms with Gasteiger partial charge in [-0.3, -0.25) is 4.79 Å². The summed E-state index contributed by atoms with van der Waals surface area (Å²) in [4.78, 5) is 22.7. The van der Waals surface area contributed by atoms with Crippen LogP contribution in [0.4, 0.5) is 5.69 Å². The Labute approximate surface area is 134 Å². The molecule has 1 aromatic rings. The molecule has 0 radical (unpaired) electrons. The molecule has 0 atom stereocenters.